The molecule has 0 aliphatic carbocycles. The molecular formula is C13H14N2O3. The first-order valence-electron chi connectivity index (χ1n) is 5.76. The van der Waals surface area contributed by atoms with E-state index in [4.69, 9.17) is 9.63 Å². The van der Waals surface area contributed by atoms with Crippen LogP contribution >= 0.6 is 0 Å². The highest BCUT2D eigenvalue weighted by Crippen LogP contribution is 2.16. The highest BCUT2D eigenvalue weighted by molar-refractivity contribution is 5.66. The number of hydrogen-bond donors (Lipinski definition) is 1. The molecule has 1 heterocycles. The molecule has 2 rings (SSSR count). The summed E-state index contributed by atoms with van der Waals surface area (Å²) in [6.07, 6.45) is 1.11. The third-order valence-electron chi connectivity index (χ3n) is 2.56. The average Bonchev–Trinajstić information content (AvgIpc) is 2.78. The maximum Gasteiger partial charge on any atom is 0.303 e. The molecule has 94 valence electrons. The van der Waals surface area contributed by atoms with Gasteiger partial charge in [0.25, 0.3) is 0 Å². The zero-order valence-corrected chi connectivity index (χ0v) is 10.1. The minimum Gasteiger partial charge on any atom is -0.481 e. The standard InChI is InChI=1S/C13H14N2O3/c1-9-5-7-10(8-6-9)13-14-11(18-15-13)3-2-4-12(16)17/h5-8H,2-4H2,1H3,(H,16,17). The van der Waals surface area contributed by atoms with Gasteiger partial charge in [-0.15, -0.1) is 0 Å². The highest BCUT2D eigenvalue weighted by atomic mass is 16.5. The van der Waals surface area contributed by atoms with Gasteiger partial charge in [-0.2, -0.15) is 4.98 Å². The van der Waals surface area contributed by atoms with Crippen molar-refractivity contribution < 1.29 is 14.4 Å². The molecule has 5 heteroatoms. The zero-order valence-electron chi connectivity index (χ0n) is 10.1. The van der Waals surface area contributed by atoms with Gasteiger partial charge in [-0.25, -0.2) is 0 Å². The van der Waals surface area contributed by atoms with Gasteiger partial charge in [-0.05, 0) is 13.3 Å². The van der Waals surface area contributed by atoms with Gasteiger partial charge in [-0.1, -0.05) is 35.0 Å². The second-order valence-corrected chi connectivity index (χ2v) is 4.13. The molecular weight excluding hydrogens is 232 g/mol. The van der Waals surface area contributed by atoms with Crippen molar-refractivity contribution in [3.8, 4) is 11.4 Å². The lowest BCUT2D eigenvalue weighted by Gasteiger charge is -1.94. The normalized spacial score (nSPS) is 10.5. The molecule has 0 unspecified atom stereocenters. The number of carboxylic acids is 1. The largest absolute Gasteiger partial charge is 0.481 e. The van der Waals surface area contributed by atoms with E-state index in [1.807, 2.05) is 31.2 Å². The summed E-state index contributed by atoms with van der Waals surface area (Å²) in [5.74, 6) is 0.209. The van der Waals surface area contributed by atoms with Gasteiger partial charge in [-0.3, -0.25) is 4.79 Å². The Bertz CT molecular complexity index is 531. The van der Waals surface area contributed by atoms with E-state index in [0.29, 0.717) is 24.6 Å². The Morgan fingerprint density at radius 3 is 2.72 bits per heavy atom. The lowest BCUT2D eigenvalue weighted by molar-refractivity contribution is -0.137. The smallest absolute Gasteiger partial charge is 0.303 e. The number of rotatable bonds is 5. The Kier molecular flexibility index (Phi) is 3.72. The van der Waals surface area contributed by atoms with E-state index in [-0.39, 0.29) is 6.42 Å². The van der Waals surface area contributed by atoms with Crippen LogP contribution in [0.4, 0.5) is 0 Å². The molecule has 2 aromatic rings. The fourth-order valence-corrected chi connectivity index (χ4v) is 1.57. The van der Waals surface area contributed by atoms with E-state index < -0.39 is 5.97 Å². The van der Waals surface area contributed by atoms with Gasteiger partial charge in [0.05, 0.1) is 0 Å². The molecule has 1 aromatic heterocycles. The second-order valence-electron chi connectivity index (χ2n) is 4.13. The van der Waals surface area contributed by atoms with Crippen LogP contribution in [0.2, 0.25) is 0 Å². The zero-order chi connectivity index (χ0) is 13.0. The molecule has 0 amide bonds. The lowest BCUT2D eigenvalue weighted by atomic mass is 10.1. The van der Waals surface area contributed by atoms with E-state index in [2.05, 4.69) is 10.1 Å². The number of carbonyl (C=O) groups is 1. The van der Waals surface area contributed by atoms with Crippen molar-refractivity contribution in [2.45, 2.75) is 26.2 Å². The van der Waals surface area contributed by atoms with Crippen LogP contribution in [0, 0.1) is 6.92 Å². The Morgan fingerprint density at radius 2 is 2.06 bits per heavy atom. The van der Waals surface area contributed by atoms with Crippen LogP contribution < -0.4 is 0 Å². The molecule has 1 N–H and O–H groups in total. The van der Waals surface area contributed by atoms with Crippen molar-refractivity contribution in [1.29, 1.82) is 0 Å². The van der Waals surface area contributed by atoms with Crippen LogP contribution in [-0.4, -0.2) is 21.2 Å². The Balaban J connectivity index is 2.01. The van der Waals surface area contributed by atoms with Crippen LogP contribution in [-0.2, 0) is 11.2 Å². The monoisotopic (exact) mass is 246 g/mol. The summed E-state index contributed by atoms with van der Waals surface area (Å²) in [5, 5.41) is 12.4. The van der Waals surface area contributed by atoms with E-state index in [0.717, 1.165) is 5.56 Å². The predicted octanol–water partition coefficient (Wildman–Crippen LogP) is 2.45. The fourth-order valence-electron chi connectivity index (χ4n) is 1.57. The van der Waals surface area contributed by atoms with Gasteiger partial charge in [0.1, 0.15) is 0 Å². The van der Waals surface area contributed by atoms with Crippen molar-refractivity contribution in [3.05, 3.63) is 35.7 Å². The Morgan fingerprint density at radius 1 is 1.33 bits per heavy atom. The summed E-state index contributed by atoms with van der Waals surface area (Å²) in [6.45, 7) is 2.01. The van der Waals surface area contributed by atoms with Crippen LogP contribution in [0.3, 0.4) is 0 Å². The molecule has 18 heavy (non-hydrogen) atoms. The molecule has 5 nitrogen and oxygen atoms in total. The van der Waals surface area contributed by atoms with Gasteiger partial charge in [0.2, 0.25) is 11.7 Å². The van der Waals surface area contributed by atoms with Crippen molar-refractivity contribution in [2.24, 2.45) is 0 Å². The number of aliphatic carboxylic acids is 1. The van der Waals surface area contributed by atoms with E-state index >= 15 is 0 Å². The summed E-state index contributed by atoms with van der Waals surface area (Å²) < 4.78 is 5.08. The minimum atomic E-state index is -0.812. The molecule has 0 bridgehead atoms. The number of aromatic nitrogens is 2. The molecule has 0 radical (unpaired) electrons. The van der Waals surface area contributed by atoms with Crippen LogP contribution in [0.5, 0.6) is 0 Å². The van der Waals surface area contributed by atoms with E-state index in [1.165, 1.54) is 5.56 Å². The third kappa shape index (κ3) is 3.16. The predicted molar refractivity (Wildman–Crippen MR) is 65.0 cm³/mol. The summed E-state index contributed by atoms with van der Waals surface area (Å²) in [7, 11) is 0. The number of carboxylic acid groups (broad SMARTS) is 1. The fraction of sp³-hybridized carbons (Fsp3) is 0.308. The minimum absolute atomic E-state index is 0.113. The maximum absolute atomic E-state index is 10.4. The van der Waals surface area contributed by atoms with E-state index in [1.54, 1.807) is 0 Å². The topological polar surface area (TPSA) is 76.2 Å². The van der Waals surface area contributed by atoms with Gasteiger partial charge >= 0.3 is 5.97 Å². The SMILES string of the molecule is Cc1ccc(-c2noc(CCCC(=O)O)n2)cc1. The van der Waals surface area contributed by atoms with Gasteiger partial charge in [0.15, 0.2) is 0 Å². The van der Waals surface area contributed by atoms with Gasteiger partial charge in [0, 0.05) is 18.4 Å². The second kappa shape index (κ2) is 5.44. The Hall–Kier alpha value is -2.17. The molecule has 1 aromatic carbocycles. The first-order valence-corrected chi connectivity index (χ1v) is 5.76. The molecule has 0 spiro atoms. The van der Waals surface area contributed by atoms with E-state index in [9.17, 15) is 4.79 Å². The Labute approximate surface area is 104 Å². The molecule has 0 atom stereocenters. The summed E-state index contributed by atoms with van der Waals surface area (Å²) in [6, 6.07) is 7.83. The molecule has 0 fully saturated rings. The van der Waals surface area contributed by atoms with Crippen molar-refractivity contribution >= 4 is 5.97 Å². The number of aryl methyl sites for hydroxylation is 2. The first kappa shape index (κ1) is 12.3. The number of benzene rings is 1. The number of hydrogen-bond acceptors (Lipinski definition) is 4. The van der Waals surface area contributed by atoms with Crippen LogP contribution in [0.25, 0.3) is 11.4 Å². The molecule has 0 saturated heterocycles. The molecule has 0 aliphatic rings. The quantitative estimate of drug-likeness (QED) is 0.876. The first-order chi connectivity index (χ1) is 8.65. The average molecular weight is 246 g/mol. The number of nitrogens with zero attached hydrogens (tertiary/aromatic N) is 2. The summed E-state index contributed by atoms with van der Waals surface area (Å²) in [5.41, 5.74) is 2.07. The maximum atomic E-state index is 10.4. The summed E-state index contributed by atoms with van der Waals surface area (Å²) in [4.78, 5) is 14.6. The van der Waals surface area contributed by atoms with Crippen molar-refractivity contribution in [1.82, 2.24) is 10.1 Å². The van der Waals surface area contributed by atoms with Crippen LogP contribution in [0.15, 0.2) is 28.8 Å². The highest BCUT2D eigenvalue weighted by Gasteiger charge is 2.08. The van der Waals surface area contributed by atoms with Crippen LogP contribution in [0.1, 0.15) is 24.3 Å². The summed E-state index contributed by atoms with van der Waals surface area (Å²) >= 11 is 0. The van der Waals surface area contributed by atoms with Gasteiger partial charge < -0.3 is 9.63 Å². The molecule has 0 aliphatic heterocycles. The van der Waals surface area contributed by atoms with Crippen molar-refractivity contribution in [3.63, 3.8) is 0 Å². The lowest BCUT2D eigenvalue weighted by Crippen LogP contribution is -1.95. The van der Waals surface area contributed by atoms with Crippen molar-refractivity contribution in [2.75, 3.05) is 0 Å². The molecule has 0 saturated carbocycles. The third-order valence-corrected chi connectivity index (χ3v) is 2.56.